The fourth-order valence-corrected chi connectivity index (χ4v) is 6.28. The number of benzene rings is 3. The van der Waals surface area contributed by atoms with Crippen molar-refractivity contribution in [3.05, 3.63) is 114 Å². The zero-order valence-electron chi connectivity index (χ0n) is 26.6. The number of nitrogens with one attached hydrogen (secondary N) is 2. The number of nitrogens with zero attached hydrogens (tertiary/aromatic N) is 2. The van der Waals surface area contributed by atoms with E-state index in [4.69, 9.17) is 9.47 Å². The third-order valence-electron chi connectivity index (χ3n) is 8.00. The number of ether oxygens (including phenoxy) is 2. The van der Waals surface area contributed by atoms with Gasteiger partial charge in [-0.05, 0) is 46.7 Å². The van der Waals surface area contributed by atoms with Crippen molar-refractivity contribution in [2.45, 2.75) is 75.8 Å². The zero-order valence-corrected chi connectivity index (χ0v) is 27.5. The van der Waals surface area contributed by atoms with Gasteiger partial charge in [0.15, 0.2) is 11.4 Å². The van der Waals surface area contributed by atoms with E-state index in [0.717, 1.165) is 52.6 Å². The van der Waals surface area contributed by atoms with Crippen LogP contribution in [0.4, 0.5) is 0 Å². The van der Waals surface area contributed by atoms with Crippen molar-refractivity contribution in [3.8, 4) is 11.1 Å². The average molecular weight is 655 g/mol. The topological polar surface area (TPSA) is 123 Å². The second-order valence-corrected chi connectivity index (χ2v) is 12.5. The number of hydrogen-bond donors (Lipinski definition) is 3. The molecule has 0 bridgehead atoms. The van der Waals surface area contributed by atoms with Crippen LogP contribution in [0.3, 0.4) is 0 Å². The molecule has 10 heteroatoms. The molecule has 9 nitrogen and oxygen atoms in total. The molecular weight excluding hydrogens is 612 g/mol. The predicted octanol–water partition coefficient (Wildman–Crippen LogP) is 6.29. The molecular formula is C37H42N4O5S. The Morgan fingerprint density at radius 2 is 1.62 bits per heavy atom. The van der Waals surface area contributed by atoms with E-state index in [9.17, 15) is 14.7 Å². The minimum atomic E-state index is -0.560. The van der Waals surface area contributed by atoms with Gasteiger partial charge in [0.2, 0.25) is 11.8 Å². The number of aromatic nitrogens is 2. The van der Waals surface area contributed by atoms with Crippen LogP contribution in [0.2, 0.25) is 0 Å². The second-order valence-electron chi connectivity index (χ2n) is 11.5. The lowest BCUT2D eigenvalue weighted by molar-refractivity contribution is -0.245. The van der Waals surface area contributed by atoms with Crippen LogP contribution in [0, 0.1) is 0 Å². The van der Waals surface area contributed by atoms with E-state index in [2.05, 4.69) is 38.8 Å². The van der Waals surface area contributed by atoms with Gasteiger partial charge < -0.3 is 25.2 Å². The van der Waals surface area contributed by atoms with Gasteiger partial charge in [0.1, 0.15) is 0 Å². The normalized spacial score (nSPS) is 17.6. The van der Waals surface area contributed by atoms with Crippen LogP contribution in [0.1, 0.15) is 73.7 Å². The summed E-state index contributed by atoms with van der Waals surface area (Å²) in [5.74, 6) is 0.678. The molecule has 5 rings (SSSR count). The molecule has 0 radical (unpaired) electrons. The van der Waals surface area contributed by atoms with Gasteiger partial charge in [-0.2, -0.15) is 0 Å². The van der Waals surface area contributed by atoms with Gasteiger partial charge in [-0.1, -0.05) is 91.0 Å². The largest absolute Gasteiger partial charge is 0.392 e. The quantitative estimate of drug-likeness (QED) is 0.0777. The van der Waals surface area contributed by atoms with E-state index >= 15 is 0 Å². The Morgan fingerprint density at radius 1 is 0.872 bits per heavy atom. The van der Waals surface area contributed by atoms with Crippen LogP contribution in [0.5, 0.6) is 0 Å². The average Bonchev–Trinajstić information content (AvgIpc) is 3.11. The highest BCUT2D eigenvalue weighted by Gasteiger charge is 2.32. The number of rotatable bonds is 15. The molecule has 0 aliphatic carbocycles. The van der Waals surface area contributed by atoms with E-state index in [1.165, 1.54) is 6.92 Å². The summed E-state index contributed by atoms with van der Waals surface area (Å²) < 4.78 is 13.0. The maximum atomic E-state index is 12.5. The van der Waals surface area contributed by atoms with Gasteiger partial charge in [-0.25, -0.2) is 9.97 Å². The maximum absolute atomic E-state index is 12.5. The summed E-state index contributed by atoms with van der Waals surface area (Å²) >= 11 is 1.56. The first-order valence-corrected chi connectivity index (χ1v) is 17.1. The summed E-state index contributed by atoms with van der Waals surface area (Å²) in [7, 11) is 0. The van der Waals surface area contributed by atoms with E-state index in [-0.39, 0.29) is 30.6 Å². The van der Waals surface area contributed by atoms with E-state index in [1.807, 2.05) is 54.6 Å². The van der Waals surface area contributed by atoms with Crippen molar-refractivity contribution < 1.29 is 24.2 Å². The lowest BCUT2D eigenvalue weighted by atomic mass is 9.97. The molecule has 1 saturated heterocycles. The molecule has 4 aromatic rings. The SMILES string of the molecule is CC(=O)NCCCCCC(=O)NCc1ccccc1-c1ccc([C@@H]2O[C@H](CSc3ncccn3)C[C@H](c3ccc(CO)cc3)O2)cc1. The fourth-order valence-electron chi connectivity index (χ4n) is 5.46. The van der Waals surface area contributed by atoms with Crippen molar-refractivity contribution in [1.29, 1.82) is 0 Å². The van der Waals surface area contributed by atoms with Crippen LogP contribution in [0.25, 0.3) is 11.1 Å². The van der Waals surface area contributed by atoms with Gasteiger partial charge >= 0.3 is 0 Å². The molecule has 2 amide bonds. The number of amides is 2. The van der Waals surface area contributed by atoms with Crippen LogP contribution < -0.4 is 10.6 Å². The third-order valence-corrected chi connectivity index (χ3v) is 9.00. The first kappa shape index (κ1) is 34.3. The number of thioether (sulfide) groups is 1. The minimum absolute atomic E-state index is 0.00213. The van der Waals surface area contributed by atoms with Crippen molar-refractivity contribution in [3.63, 3.8) is 0 Å². The molecule has 0 saturated carbocycles. The number of carbonyl (C=O) groups is 2. The number of aliphatic hydroxyl groups is 1. The molecule has 3 atom stereocenters. The lowest BCUT2D eigenvalue weighted by Gasteiger charge is -2.36. The Bertz CT molecular complexity index is 1570. The smallest absolute Gasteiger partial charge is 0.220 e. The zero-order chi connectivity index (χ0) is 32.8. The molecule has 1 aliphatic rings. The van der Waals surface area contributed by atoms with E-state index in [1.54, 1.807) is 30.2 Å². The molecule has 1 fully saturated rings. The molecule has 1 aromatic heterocycles. The molecule has 0 unspecified atom stereocenters. The lowest BCUT2D eigenvalue weighted by Crippen LogP contribution is -2.31. The van der Waals surface area contributed by atoms with Crippen LogP contribution in [-0.4, -0.2) is 45.3 Å². The number of hydrogen-bond acceptors (Lipinski definition) is 8. The Kier molecular flexibility index (Phi) is 12.9. The summed E-state index contributed by atoms with van der Waals surface area (Å²) in [4.78, 5) is 32.2. The Morgan fingerprint density at radius 3 is 2.36 bits per heavy atom. The summed E-state index contributed by atoms with van der Waals surface area (Å²) in [6.07, 6.45) is 6.34. The number of unbranched alkanes of at least 4 members (excludes halogenated alkanes) is 2. The van der Waals surface area contributed by atoms with Gasteiger partial charge in [0.25, 0.3) is 0 Å². The highest BCUT2D eigenvalue weighted by molar-refractivity contribution is 7.99. The maximum Gasteiger partial charge on any atom is 0.220 e. The summed E-state index contributed by atoms with van der Waals surface area (Å²) in [6, 6.07) is 26.0. The van der Waals surface area contributed by atoms with Crippen LogP contribution in [-0.2, 0) is 32.2 Å². The fraction of sp³-hybridized carbons (Fsp3) is 0.351. The summed E-state index contributed by atoms with van der Waals surface area (Å²) in [5.41, 5.74) is 5.95. The monoisotopic (exact) mass is 654 g/mol. The van der Waals surface area contributed by atoms with Crippen molar-refractivity contribution in [1.82, 2.24) is 20.6 Å². The summed E-state index contributed by atoms with van der Waals surface area (Å²) in [6.45, 7) is 2.59. The van der Waals surface area contributed by atoms with Gasteiger partial charge in [-0.3, -0.25) is 9.59 Å². The van der Waals surface area contributed by atoms with Crippen molar-refractivity contribution in [2.75, 3.05) is 12.3 Å². The third kappa shape index (κ3) is 10.5. The molecule has 2 heterocycles. The van der Waals surface area contributed by atoms with Gasteiger partial charge in [0, 0.05) is 56.6 Å². The number of aliphatic hydroxyl groups excluding tert-OH is 1. The first-order valence-electron chi connectivity index (χ1n) is 16.1. The van der Waals surface area contributed by atoms with E-state index in [0.29, 0.717) is 36.8 Å². The minimum Gasteiger partial charge on any atom is -0.392 e. The highest BCUT2D eigenvalue weighted by Crippen LogP contribution is 2.39. The second kappa shape index (κ2) is 17.7. The van der Waals surface area contributed by atoms with Crippen LogP contribution in [0.15, 0.2) is 96.4 Å². The van der Waals surface area contributed by atoms with Crippen LogP contribution >= 0.6 is 11.8 Å². The predicted molar refractivity (Wildman–Crippen MR) is 182 cm³/mol. The number of carbonyl (C=O) groups excluding carboxylic acids is 2. The molecule has 47 heavy (non-hydrogen) atoms. The first-order chi connectivity index (χ1) is 23.0. The Balaban J connectivity index is 1.23. The van der Waals surface area contributed by atoms with Gasteiger partial charge in [0.05, 0.1) is 18.8 Å². The highest BCUT2D eigenvalue weighted by atomic mass is 32.2. The Labute approximate surface area is 280 Å². The molecule has 3 aromatic carbocycles. The molecule has 3 N–H and O–H groups in total. The molecule has 246 valence electrons. The van der Waals surface area contributed by atoms with E-state index < -0.39 is 6.29 Å². The Hall–Kier alpha value is -4.09. The molecule has 0 spiro atoms. The summed E-state index contributed by atoms with van der Waals surface area (Å²) in [5, 5.41) is 16.1. The van der Waals surface area contributed by atoms with Gasteiger partial charge in [-0.15, -0.1) is 0 Å². The standard InChI is InChI=1S/C37H42N4O5S/c1-26(43)38-19-6-2-3-10-35(44)41-23-31-8-4-5-9-33(31)28-15-17-30(18-16-28)36-45-32(25-47-37-39-20-7-21-40-37)22-34(46-36)29-13-11-27(24-42)12-14-29/h4-5,7-9,11-18,20-21,32,34,36,42H,2-3,6,10,19,22-25H2,1H3,(H,38,43)(H,41,44)/t32-,34+,36+/m0/s1. The van der Waals surface area contributed by atoms with Crippen molar-refractivity contribution in [2.24, 2.45) is 0 Å². The van der Waals surface area contributed by atoms with Crippen molar-refractivity contribution >= 4 is 23.6 Å². The molecule has 1 aliphatic heterocycles.